The second-order valence-corrected chi connectivity index (χ2v) is 6.03. The maximum atomic E-state index is 9.18. The predicted octanol–water partition coefficient (Wildman–Crippen LogP) is 4.77. The molecule has 2 rings (SSSR count). The Labute approximate surface area is 108 Å². The van der Waals surface area contributed by atoms with Crippen molar-refractivity contribution in [3.63, 3.8) is 0 Å². The fourth-order valence-electron chi connectivity index (χ4n) is 2.79. The molecular weight excluding hydrogens is 230 g/mol. The molecule has 1 saturated carbocycles. The zero-order chi connectivity index (χ0) is 12.5. The van der Waals surface area contributed by atoms with E-state index in [1.807, 2.05) is 12.1 Å². The summed E-state index contributed by atoms with van der Waals surface area (Å²) >= 11 is 6.02. The molecule has 0 aromatic heterocycles. The van der Waals surface area contributed by atoms with Crippen molar-refractivity contribution in [1.82, 2.24) is 0 Å². The van der Waals surface area contributed by atoms with E-state index in [4.69, 9.17) is 11.6 Å². The number of hydrogen-bond acceptors (Lipinski definition) is 1. The number of rotatable bonds is 2. The Balaban J connectivity index is 2.11. The fraction of sp³-hybridized carbons (Fsp3) is 0.533. The Morgan fingerprint density at radius 1 is 1.35 bits per heavy atom. The van der Waals surface area contributed by atoms with Gasteiger partial charge in [-0.05, 0) is 62.6 Å². The minimum atomic E-state index is -0.201. The first kappa shape index (κ1) is 12.5. The molecule has 2 heteroatoms. The third-order valence-corrected chi connectivity index (χ3v) is 4.30. The zero-order valence-corrected chi connectivity index (χ0v) is 11.2. The molecule has 0 radical (unpaired) electrons. The third kappa shape index (κ3) is 2.64. The molecule has 0 spiro atoms. The highest BCUT2D eigenvalue weighted by atomic mass is 35.5. The standard InChI is InChI=1S/C15H18ClN/c1-15(2,10-17)13-7-6-12(8-13)11-4-3-5-14(16)9-11/h3-5,9,12-13H,6-8H2,1-2H3/t12-,13+/m1/s1. The molecule has 0 unspecified atom stereocenters. The van der Waals surface area contributed by atoms with Crippen LogP contribution in [0.5, 0.6) is 0 Å². The molecule has 1 fully saturated rings. The summed E-state index contributed by atoms with van der Waals surface area (Å²) in [5.74, 6) is 1.09. The van der Waals surface area contributed by atoms with Crippen LogP contribution in [0.25, 0.3) is 0 Å². The van der Waals surface area contributed by atoms with E-state index < -0.39 is 0 Å². The van der Waals surface area contributed by atoms with E-state index >= 15 is 0 Å². The van der Waals surface area contributed by atoms with Gasteiger partial charge in [0.05, 0.1) is 11.5 Å². The normalized spacial score (nSPS) is 24.6. The van der Waals surface area contributed by atoms with Gasteiger partial charge in [-0.3, -0.25) is 0 Å². The molecule has 0 bridgehead atoms. The third-order valence-electron chi connectivity index (χ3n) is 4.06. The molecular formula is C15H18ClN. The van der Waals surface area contributed by atoms with Crippen molar-refractivity contribution in [3.8, 4) is 6.07 Å². The lowest BCUT2D eigenvalue weighted by Crippen LogP contribution is -2.19. The molecule has 1 aromatic carbocycles. The fourth-order valence-corrected chi connectivity index (χ4v) is 2.99. The number of benzene rings is 1. The minimum Gasteiger partial charge on any atom is -0.198 e. The summed E-state index contributed by atoms with van der Waals surface area (Å²) in [5, 5.41) is 9.99. The highest BCUT2D eigenvalue weighted by molar-refractivity contribution is 6.30. The smallest absolute Gasteiger partial charge is 0.0686 e. The van der Waals surface area contributed by atoms with E-state index in [-0.39, 0.29) is 5.41 Å². The number of nitriles is 1. The van der Waals surface area contributed by atoms with Crippen LogP contribution >= 0.6 is 11.6 Å². The zero-order valence-electron chi connectivity index (χ0n) is 10.4. The van der Waals surface area contributed by atoms with Crippen molar-refractivity contribution in [2.45, 2.75) is 39.0 Å². The van der Waals surface area contributed by atoms with Crippen molar-refractivity contribution in [2.75, 3.05) is 0 Å². The first-order valence-corrected chi connectivity index (χ1v) is 6.57. The Hall–Kier alpha value is -1.00. The quantitative estimate of drug-likeness (QED) is 0.738. The SMILES string of the molecule is CC(C)(C#N)[C@H]1CC[C@@H](c2cccc(Cl)c2)C1. The van der Waals surface area contributed by atoms with Gasteiger partial charge in [-0.25, -0.2) is 0 Å². The van der Waals surface area contributed by atoms with E-state index in [1.54, 1.807) is 0 Å². The van der Waals surface area contributed by atoms with Crippen molar-refractivity contribution >= 4 is 11.6 Å². The Morgan fingerprint density at radius 2 is 2.12 bits per heavy atom. The van der Waals surface area contributed by atoms with Crippen molar-refractivity contribution in [1.29, 1.82) is 5.26 Å². The second-order valence-electron chi connectivity index (χ2n) is 5.60. The Kier molecular flexibility index (Phi) is 3.45. The maximum absolute atomic E-state index is 9.18. The van der Waals surface area contributed by atoms with Crippen molar-refractivity contribution in [2.24, 2.45) is 11.3 Å². The molecule has 0 N–H and O–H groups in total. The largest absolute Gasteiger partial charge is 0.198 e. The average Bonchev–Trinajstić information content (AvgIpc) is 2.79. The summed E-state index contributed by atoms with van der Waals surface area (Å²) in [7, 11) is 0. The van der Waals surface area contributed by atoms with Crippen LogP contribution in [-0.4, -0.2) is 0 Å². The van der Waals surface area contributed by atoms with Gasteiger partial charge in [0, 0.05) is 5.02 Å². The van der Waals surface area contributed by atoms with E-state index in [0.717, 1.165) is 17.9 Å². The van der Waals surface area contributed by atoms with Crippen LogP contribution in [0, 0.1) is 22.7 Å². The van der Waals surface area contributed by atoms with E-state index in [9.17, 15) is 5.26 Å². The van der Waals surface area contributed by atoms with E-state index in [1.165, 1.54) is 12.0 Å². The predicted molar refractivity (Wildman–Crippen MR) is 70.9 cm³/mol. The minimum absolute atomic E-state index is 0.201. The number of nitrogens with zero attached hydrogens (tertiary/aromatic N) is 1. The van der Waals surface area contributed by atoms with E-state index in [2.05, 4.69) is 32.0 Å². The van der Waals surface area contributed by atoms with Gasteiger partial charge in [-0.15, -0.1) is 0 Å². The molecule has 1 aliphatic carbocycles. The Bertz CT molecular complexity index is 444. The molecule has 1 aromatic rings. The first-order chi connectivity index (χ1) is 8.03. The molecule has 1 aliphatic rings. The van der Waals surface area contributed by atoms with Gasteiger partial charge in [-0.1, -0.05) is 23.7 Å². The van der Waals surface area contributed by atoms with Crippen LogP contribution in [0.3, 0.4) is 0 Å². The highest BCUT2D eigenvalue weighted by Gasteiger charge is 2.36. The van der Waals surface area contributed by atoms with Gasteiger partial charge in [-0.2, -0.15) is 5.26 Å². The summed E-state index contributed by atoms with van der Waals surface area (Å²) in [6.07, 6.45) is 3.44. The van der Waals surface area contributed by atoms with Gasteiger partial charge >= 0.3 is 0 Å². The number of hydrogen-bond donors (Lipinski definition) is 0. The number of halogens is 1. The van der Waals surface area contributed by atoms with E-state index in [0.29, 0.717) is 11.8 Å². The Morgan fingerprint density at radius 3 is 2.76 bits per heavy atom. The summed E-state index contributed by atoms with van der Waals surface area (Å²) in [5.41, 5.74) is 1.13. The maximum Gasteiger partial charge on any atom is 0.0686 e. The summed E-state index contributed by atoms with van der Waals surface area (Å²) in [4.78, 5) is 0. The van der Waals surface area contributed by atoms with Crippen LogP contribution < -0.4 is 0 Å². The van der Waals surface area contributed by atoms with Gasteiger partial charge in [0.25, 0.3) is 0 Å². The molecule has 1 nitrogen and oxygen atoms in total. The van der Waals surface area contributed by atoms with Gasteiger partial charge < -0.3 is 0 Å². The monoisotopic (exact) mass is 247 g/mol. The molecule has 0 heterocycles. The lowest BCUT2D eigenvalue weighted by Gasteiger charge is -2.23. The van der Waals surface area contributed by atoms with Gasteiger partial charge in [0.15, 0.2) is 0 Å². The average molecular weight is 248 g/mol. The molecule has 90 valence electrons. The first-order valence-electron chi connectivity index (χ1n) is 6.19. The summed E-state index contributed by atoms with van der Waals surface area (Å²) in [6.45, 7) is 4.11. The molecule has 2 atom stereocenters. The summed E-state index contributed by atoms with van der Waals surface area (Å²) in [6, 6.07) is 10.6. The second kappa shape index (κ2) is 4.70. The molecule has 0 aliphatic heterocycles. The van der Waals surface area contributed by atoms with Gasteiger partial charge in [0.1, 0.15) is 0 Å². The highest BCUT2D eigenvalue weighted by Crippen LogP contribution is 2.46. The lowest BCUT2D eigenvalue weighted by atomic mass is 9.78. The lowest BCUT2D eigenvalue weighted by molar-refractivity contribution is 0.297. The van der Waals surface area contributed by atoms with Crippen LogP contribution in [0.15, 0.2) is 24.3 Å². The van der Waals surface area contributed by atoms with Crippen LogP contribution in [0.2, 0.25) is 5.02 Å². The van der Waals surface area contributed by atoms with Crippen molar-refractivity contribution in [3.05, 3.63) is 34.9 Å². The molecule has 0 amide bonds. The van der Waals surface area contributed by atoms with Crippen LogP contribution in [-0.2, 0) is 0 Å². The van der Waals surface area contributed by atoms with Crippen molar-refractivity contribution < 1.29 is 0 Å². The van der Waals surface area contributed by atoms with Crippen LogP contribution in [0.1, 0.15) is 44.6 Å². The van der Waals surface area contributed by atoms with Gasteiger partial charge in [0.2, 0.25) is 0 Å². The summed E-state index contributed by atoms with van der Waals surface area (Å²) < 4.78 is 0. The van der Waals surface area contributed by atoms with Crippen LogP contribution in [0.4, 0.5) is 0 Å². The topological polar surface area (TPSA) is 23.8 Å². The molecule has 17 heavy (non-hydrogen) atoms. The molecule has 0 saturated heterocycles.